The Labute approximate surface area is 165 Å². The van der Waals surface area contributed by atoms with Crippen LogP contribution in [0.3, 0.4) is 0 Å². The van der Waals surface area contributed by atoms with Gasteiger partial charge >= 0.3 is 6.03 Å². The number of hydrogen-bond donors (Lipinski definition) is 2. The lowest BCUT2D eigenvalue weighted by Crippen LogP contribution is -2.36. The van der Waals surface area contributed by atoms with E-state index >= 15 is 0 Å². The molecule has 0 bridgehead atoms. The van der Waals surface area contributed by atoms with E-state index in [9.17, 15) is 9.59 Å². The second-order valence-electron chi connectivity index (χ2n) is 7.06. The highest BCUT2D eigenvalue weighted by Gasteiger charge is 2.24. The molecule has 0 aromatic heterocycles. The van der Waals surface area contributed by atoms with Gasteiger partial charge in [0, 0.05) is 30.8 Å². The maximum Gasteiger partial charge on any atom is 0.319 e. The van der Waals surface area contributed by atoms with E-state index < -0.39 is 0 Å². The van der Waals surface area contributed by atoms with Crippen molar-refractivity contribution < 1.29 is 14.3 Å². The van der Waals surface area contributed by atoms with Crippen LogP contribution in [0.2, 0.25) is 0 Å². The molecule has 1 aliphatic rings. The van der Waals surface area contributed by atoms with Crippen LogP contribution in [-0.2, 0) is 11.2 Å². The molecule has 28 heavy (non-hydrogen) atoms. The van der Waals surface area contributed by atoms with E-state index in [0.29, 0.717) is 24.4 Å². The van der Waals surface area contributed by atoms with Crippen LogP contribution in [0, 0.1) is 0 Å². The normalized spacial score (nSPS) is 14.6. The van der Waals surface area contributed by atoms with Gasteiger partial charge in [-0.25, -0.2) is 4.79 Å². The lowest BCUT2D eigenvalue weighted by molar-refractivity contribution is -0.117. The molecule has 0 aliphatic carbocycles. The molecule has 6 heteroatoms. The first-order valence-electron chi connectivity index (χ1n) is 9.66. The number of anilines is 2. The standard InChI is InChI=1S/C22H27N3O3/c1-16(10-11-17-7-4-3-5-8-17)23-22(27)24-18-12-13-19(20(15-18)28-2)25-14-6-9-21(25)26/h3-5,7-8,12-13,15-16H,6,9-11,14H2,1-2H3,(H2,23,24,27). The van der Waals surface area contributed by atoms with E-state index in [2.05, 4.69) is 22.8 Å². The van der Waals surface area contributed by atoms with Crippen molar-refractivity contribution in [2.24, 2.45) is 0 Å². The van der Waals surface area contributed by atoms with Gasteiger partial charge in [0.1, 0.15) is 5.75 Å². The van der Waals surface area contributed by atoms with Crippen LogP contribution in [0.15, 0.2) is 48.5 Å². The zero-order valence-corrected chi connectivity index (χ0v) is 16.4. The van der Waals surface area contributed by atoms with Crippen molar-refractivity contribution in [3.05, 3.63) is 54.1 Å². The van der Waals surface area contributed by atoms with E-state index in [1.807, 2.05) is 31.2 Å². The number of urea groups is 1. The molecule has 2 aromatic carbocycles. The average molecular weight is 381 g/mol. The van der Waals surface area contributed by atoms with Crippen molar-refractivity contribution in [2.45, 2.75) is 38.6 Å². The summed E-state index contributed by atoms with van der Waals surface area (Å²) in [6, 6.07) is 15.4. The Hall–Kier alpha value is -3.02. The molecule has 2 aromatic rings. The summed E-state index contributed by atoms with van der Waals surface area (Å²) in [5, 5.41) is 5.80. The van der Waals surface area contributed by atoms with Crippen LogP contribution >= 0.6 is 0 Å². The number of rotatable bonds is 7. The molecule has 0 radical (unpaired) electrons. The van der Waals surface area contributed by atoms with E-state index in [1.165, 1.54) is 5.56 Å². The van der Waals surface area contributed by atoms with Gasteiger partial charge in [0.15, 0.2) is 0 Å². The van der Waals surface area contributed by atoms with Gasteiger partial charge in [0.05, 0.1) is 12.8 Å². The van der Waals surface area contributed by atoms with Gasteiger partial charge in [-0.2, -0.15) is 0 Å². The SMILES string of the molecule is COc1cc(NC(=O)NC(C)CCc2ccccc2)ccc1N1CCCC1=O. The van der Waals surface area contributed by atoms with Crippen molar-refractivity contribution in [1.82, 2.24) is 5.32 Å². The largest absolute Gasteiger partial charge is 0.494 e. The van der Waals surface area contributed by atoms with Crippen LogP contribution in [0.5, 0.6) is 5.75 Å². The van der Waals surface area contributed by atoms with Gasteiger partial charge in [-0.1, -0.05) is 30.3 Å². The first-order chi connectivity index (χ1) is 13.6. The van der Waals surface area contributed by atoms with Crippen molar-refractivity contribution in [2.75, 3.05) is 23.9 Å². The summed E-state index contributed by atoms with van der Waals surface area (Å²) in [6.07, 6.45) is 3.18. The molecule has 1 atom stereocenters. The Morgan fingerprint density at radius 3 is 2.68 bits per heavy atom. The van der Waals surface area contributed by atoms with Crippen molar-refractivity contribution in [3.63, 3.8) is 0 Å². The number of methoxy groups -OCH3 is 1. The maximum atomic E-state index is 12.3. The highest BCUT2D eigenvalue weighted by molar-refractivity contribution is 5.97. The number of nitrogens with one attached hydrogen (secondary N) is 2. The first kappa shape index (κ1) is 19.7. The van der Waals surface area contributed by atoms with Gasteiger partial charge in [0.2, 0.25) is 5.91 Å². The molecule has 6 nitrogen and oxygen atoms in total. The number of carbonyl (C=O) groups excluding carboxylic acids is 2. The molecule has 3 rings (SSSR count). The third kappa shape index (κ3) is 5.03. The number of ether oxygens (including phenoxy) is 1. The maximum absolute atomic E-state index is 12.3. The minimum atomic E-state index is -0.257. The second-order valence-corrected chi connectivity index (χ2v) is 7.06. The minimum Gasteiger partial charge on any atom is -0.494 e. The van der Waals surface area contributed by atoms with Gasteiger partial charge < -0.3 is 20.3 Å². The molecule has 1 unspecified atom stereocenters. The van der Waals surface area contributed by atoms with E-state index in [0.717, 1.165) is 24.9 Å². The Bertz CT molecular complexity index is 823. The summed E-state index contributed by atoms with van der Waals surface area (Å²) in [5.74, 6) is 0.675. The van der Waals surface area contributed by atoms with Crippen LogP contribution in [0.4, 0.5) is 16.2 Å². The third-order valence-electron chi connectivity index (χ3n) is 4.89. The fraction of sp³-hybridized carbons (Fsp3) is 0.364. The zero-order chi connectivity index (χ0) is 19.9. The molecular weight excluding hydrogens is 354 g/mol. The molecule has 148 valence electrons. The van der Waals surface area contributed by atoms with Crippen LogP contribution in [0.25, 0.3) is 0 Å². The van der Waals surface area contributed by atoms with Gasteiger partial charge in [-0.15, -0.1) is 0 Å². The number of aryl methyl sites for hydroxylation is 1. The van der Waals surface area contributed by atoms with Crippen LogP contribution in [0.1, 0.15) is 31.7 Å². The minimum absolute atomic E-state index is 0.0450. The molecule has 3 amide bonds. The van der Waals surface area contributed by atoms with Gasteiger partial charge in [-0.3, -0.25) is 4.79 Å². The number of benzene rings is 2. The number of hydrogen-bond acceptors (Lipinski definition) is 3. The van der Waals surface area contributed by atoms with E-state index in [-0.39, 0.29) is 18.0 Å². The molecule has 1 heterocycles. The Morgan fingerprint density at radius 1 is 1.21 bits per heavy atom. The molecular formula is C22H27N3O3. The number of amides is 3. The third-order valence-corrected chi connectivity index (χ3v) is 4.89. The Balaban J connectivity index is 1.55. The lowest BCUT2D eigenvalue weighted by atomic mass is 10.1. The highest BCUT2D eigenvalue weighted by Crippen LogP contribution is 2.33. The van der Waals surface area contributed by atoms with Gasteiger partial charge in [-0.05, 0) is 43.9 Å². The average Bonchev–Trinajstić information content (AvgIpc) is 3.12. The summed E-state index contributed by atoms with van der Waals surface area (Å²) >= 11 is 0. The zero-order valence-electron chi connectivity index (χ0n) is 16.4. The molecule has 1 fully saturated rings. The summed E-state index contributed by atoms with van der Waals surface area (Å²) in [7, 11) is 1.56. The second kappa shape index (κ2) is 9.26. The van der Waals surface area contributed by atoms with E-state index in [4.69, 9.17) is 4.74 Å². The molecule has 1 aliphatic heterocycles. The van der Waals surface area contributed by atoms with Crippen molar-refractivity contribution >= 4 is 23.3 Å². The molecule has 2 N–H and O–H groups in total. The van der Waals surface area contributed by atoms with Gasteiger partial charge in [0.25, 0.3) is 0 Å². The van der Waals surface area contributed by atoms with Crippen LogP contribution < -0.4 is 20.3 Å². The molecule has 0 saturated carbocycles. The van der Waals surface area contributed by atoms with E-state index in [1.54, 1.807) is 24.1 Å². The molecule has 1 saturated heterocycles. The Morgan fingerprint density at radius 2 is 2.00 bits per heavy atom. The lowest BCUT2D eigenvalue weighted by Gasteiger charge is -2.20. The number of nitrogens with zero attached hydrogens (tertiary/aromatic N) is 1. The first-order valence-corrected chi connectivity index (χ1v) is 9.66. The summed E-state index contributed by atoms with van der Waals surface area (Å²) in [5.41, 5.74) is 2.63. The predicted molar refractivity (Wildman–Crippen MR) is 111 cm³/mol. The summed E-state index contributed by atoms with van der Waals surface area (Å²) < 4.78 is 5.43. The highest BCUT2D eigenvalue weighted by atomic mass is 16.5. The van der Waals surface area contributed by atoms with Crippen LogP contribution in [-0.4, -0.2) is 31.6 Å². The fourth-order valence-electron chi connectivity index (χ4n) is 3.37. The fourth-order valence-corrected chi connectivity index (χ4v) is 3.37. The summed E-state index contributed by atoms with van der Waals surface area (Å²) in [4.78, 5) is 26.0. The Kier molecular flexibility index (Phi) is 6.53. The van der Waals surface area contributed by atoms with Crippen molar-refractivity contribution in [3.8, 4) is 5.75 Å². The number of carbonyl (C=O) groups is 2. The quantitative estimate of drug-likeness (QED) is 0.762. The monoisotopic (exact) mass is 381 g/mol. The molecule has 0 spiro atoms. The van der Waals surface area contributed by atoms with Crippen molar-refractivity contribution in [1.29, 1.82) is 0 Å². The summed E-state index contributed by atoms with van der Waals surface area (Å²) in [6.45, 7) is 2.69. The topological polar surface area (TPSA) is 70.7 Å². The smallest absolute Gasteiger partial charge is 0.319 e. The predicted octanol–water partition coefficient (Wildman–Crippen LogP) is 3.96.